The van der Waals surface area contributed by atoms with E-state index < -0.39 is 9.76 Å². The molecule has 4 aliphatic carbocycles. The van der Waals surface area contributed by atoms with Crippen molar-refractivity contribution in [1.82, 2.24) is 0 Å². The molecule has 8 atom stereocenters. The van der Waals surface area contributed by atoms with Crippen molar-refractivity contribution in [2.24, 2.45) is 40.4 Å². The van der Waals surface area contributed by atoms with E-state index in [1.54, 1.807) is 6.92 Å². The lowest BCUT2D eigenvalue weighted by molar-refractivity contribution is -0.162. The van der Waals surface area contributed by atoms with Crippen LogP contribution in [0.1, 0.15) is 78.6 Å². The molecule has 0 aromatic rings. The smallest absolute Gasteiger partial charge is 0.358 e. The number of rotatable bonds is 2. The van der Waals surface area contributed by atoms with Crippen LogP contribution in [0.15, 0.2) is 0 Å². The van der Waals surface area contributed by atoms with Gasteiger partial charge in [0.15, 0.2) is 0 Å². The van der Waals surface area contributed by atoms with Crippen molar-refractivity contribution in [3.63, 3.8) is 0 Å². The number of ketones is 1. The summed E-state index contributed by atoms with van der Waals surface area (Å²) in [6.45, 7) is 6.67. The van der Waals surface area contributed by atoms with Crippen LogP contribution in [-0.4, -0.2) is 21.6 Å². The van der Waals surface area contributed by atoms with Crippen LogP contribution in [0.2, 0.25) is 0 Å². The Labute approximate surface area is 189 Å². The number of halogens is 3. The monoisotopic (exact) mass is 462 g/mol. The summed E-state index contributed by atoms with van der Waals surface area (Å²) in [6.07, 6.45) is 9.76. The van der Waals surface area contributed by atoms with Crippen LogP contribution >= 0.6 is 34.8 Å². The number of ether oxygens (including phenoxy) is 1. The van der Waals surface area contributed by atoms with Crippen molar-refractivity contribution >= 4 is 46.6 Å². The van der Waals surface area contributed by atoms with Gasteiger partial charge in [0.25, 0.3) is 3.79 Å². The van der Waals surface area contributed by atoms with Gasteiger partial charge in [-0.05, 0) is 99.2 Å². The summed E-state index contributed by atoms with van der Waals surface area (Å²) in [5.41, 5.74) is 0.495. The maximum absolute atomic E-state index is 12.3. The normalized spacial score (nSPS) is 47.0. The lowest BCUT2D eigenvalue weighted by Crippen LogP contribution is -2.54. The molecule has 4 saturated carbocycles. The molecule has 0 heterocycles. The first-order valence-corrected chi connectivity index (χ1v) is 12.4. The van der Waals surface area contributed by atoms with Crippen molar-refractivity contribution in [2.45, 2.75) is 88.5 Å². The molecule has 0 bridgehead atoms. The molecule has 0 aromatic carbocycles. The van der Waals surface area contributed by atoms with E-state index in [-0.39, 0.29) is 17.4 Å². The Morgan fingerprint density at radius 2 is 1.55 bits per heavy atom. The SMILES string of the molecule is CC(=O)[C@H]1CCC2C3CC[C@H]4C[C@H](OC(=O)C(Cl)(Cl)Cl)CC[C@]4(C)C3CC[C@@]21C. The Kier molecular flexibility index (Phi) is 5.79. The summed E-state index contributed by atoms with van der Waals surface area (Å²) in [6, 6.07) is 0. The van der Waals surface area contributed by atoms with Crippen molar-refractivity contribution in [3.05, 3.63) is 0 Å². The number of hydrogen-bond donors (Lipinski definition) is 0. The van der Waals surface area contributed by atoms with Crippen molar-refractivity contribution in [3.8, 4) is 0 Å². The third-order valence-electron chi connectivity index (χ3n) is 9.61. The highest BCUT2D eigenvalue weighted by atomic mass is 35.6. The van der Waals surface area contributed by atoms with E-state index in [4.69, 9.17) is 39.5 Å². The molecule has 0 aliphatic heterocycles. The molecule has 0 aromatic heterocycles. The summed E-state index contributed by atoms with van der Waals surface area (Å²) < 4.78 is 3.54. The fourth-order valence-electron chi connectivity index (χ4n) is 8.21. The Bertz CT molecular complexity index is 689. The third-order valence-corrected chi connectivity index (χ3v) is 10.1. The van der Waals surface area contributed by atoms with Crippen molar-refractivity contribution in [1.29, 1.82) is 0 Å². The van der Waals surface area contributed by atoms with Gasteiger partial charge in [0.1, 0.15) is 11.9 Å². The summed E-state index contributed by atoms with van der Waals surface area (Å²) in [5, 5.41) is 0. The Morgan fingerprint density at radius 1 is 0.897 bits per heavy atom. The summed E-state index contributed by atoms with van der Waals surface area (Å²) in [7, 11) is 0. The van der Waals surface area contributed by atoms with Gasteiger partial charge in [0, 0.05) is 5.92 Å². The molecule has 3 nitrogen and oxygen atoms in total. The standard InChI is InChI=1S/C23H33Cl3O3/c1-13(27)17-6-7-18-16-5-4-14-12-15(29-20(28)23(24,25)26)8-10-21(14,2)19(16)9-11-22(17,18)3/h14-19H,4-12H2,1-3H3/t14-,15+,16?,17+,18?,19?,21-,22+/m0/s1. The lowest BCUT2D eigenvalue weighted by atomic mass is 9.44. The summed E-state index contributed by atoms with van der Waals surface area (Å²) >= 11 is 17.1. The molecule has 3 unspecified atom stereocenters. The number of carbonyl (C=O) groups is 2. The van der Waals surface area contributed by atoms with Gasteiger partial charge >= 0.3 is 5.97 Å². The average Bonchev–Trinajstić information content (AvgIpc) is 2.98. The Balaban J connectivity index is 1.48. The van der Waals surface area contributed by atoms with E-state index in [9.17, 15) is 9.59 Å². The summed E-state index contributed by atoms with van der Waals surface area (Å²) in [4.78, 5) is 24.3. The highest BCUT2D eigenvalue weighted by Gasteiger charge is 2.61. The van der Waals surface area contributed by atoms with Gasteiger partial charge in [-0.3, -0.25) is 4.79 Å². The highest BCUT2D eigenvalue weighted by Crippen LogP contribution is 2.67. The molecule has 4 fully saturated rings. The molecule has 6 heteroatoms. The molecular weight excluding hydrogens is 431 g/mol. The zero-order valence-electron chi connectivity index (χ0n) is 17.7. The van der Waals surface area contributed by atoms with Gasteiger partial charge in [0.05, 0.1) is 0 Å². The van der Waals surface area contributed by atoms with E-state index in [1.807, 2.05) is 0 Å². The Hall–Kier alpha value is 0.01000. The quantitative estimate of drug-likeness (QED) is 0.346. The van der Waals surface area contributed by atoms with Crippen LogP contribution in [0.3, 0.4) is 0 Å². The minimum Gasteiger partial charge on any atom is -0.459 e. The fraction of sp³-hybridized carbons (Fsp3) is 0.913. The number of carbonyl (C=O) groups excluding carboxylic acids is 2. The van der Waals surface area contributed by atoms with E-state index in [1.165, 1.54) is 32.1 Å². The van der Waals surface area contributed by atoms with Gasteiger partial charge in [-0.15, -0.1) is 0 Å². The largest absolute Gasteiger partial charge is 0.459 e. The molecule has 4 rings (SSSR count). The molecule has 0 saturated heterocycles. The van der Waals surface area contributed by atoms with Crippen LogP contribution in [0.4, 0.5) is 0 Å². The van der Waals surface area contributed by atoms with Crippen molar-refractivity contribution in [2.75, 3.05) is 0 Å². The zero-order valence-corrected chi connectivity index (χ0v) is 20.0. The molecule has 164 valence electrons. The predicted octanol–water partition coefficient (Wildman–Crippen LogP) is 6.52. The molecule has 0 spiro atoms. The van der Waals surface area contributed by atoms with E-state index in [0.29, 0.717) is 23.0 Å². The zero-order chi connectivity index (χ0) is 21.2. The number of esters is 1. The second-order valence-corrected chi connectivity index (χ2v) is 13.0. The van der Waals surface area contributed by atoms with Gasteiger partial charge in [0.2, 0.25) is 0 Å². The highest BCUT2D eigenvalue weighted by molar-refractivity contribution is 6.75. The maximum atomic E-state index is 12.3. The van der Waals surface area contributed by atoms with Crippen LogP contribution in [0, 0.1) is 40.4 Å². The summed E-state index contributed by atoms with van der Waals surface area (Å²) in [5.74, 6) is 2.60. The van der Waals surface area contributed by atoms with E-state index in [0.717, 1.165) is 37.5 Å². The lowest BCUT2D eigenvalue weighted by Gasteiger charge is -2.61. The van der Waals surface area contributed by atoms with Crippen LogP contribution in [0.25, 0.3) is 0 Å². The van der Waals surface area contributed by atoms with Crippen molar-refractivity contribution < 1.29 is 14.3 Å². The van der Waals surface area contributed by atoms with Crippen LogP contribution in [0.5, 0.6) is 0 Å². The minimum absolute atomic E-state index is 0.143. The first-order chi connectivity index (χ1) is 13.5. The second kappa shape index (κ2) is 7.55. The first kappa shape index (κ1) is 22.2. The topological polar surface area (TPSA) is 43.4 Å². The second-order valence-electron chi connectivity index (χ2n) is 10.7. The van der Waals surface area contributed by atoms with Gasteiger partial charge in [-0.1, -0.05) is 48.7 Å². The number of Topliss-reactive ketones (excluding diaryl/α,β-unsaturated/α-hetero) is 1. The average molecular weight is 464 g/mol. The molecule has 4 aliphatic rings. The fourth-order valence-corrected chi connectivity index (χ4v) is 8.35. The molecular formula is C23H33Cl3O3. The minimum atomic E-state index is -2.00. The molecule has 0 radical (unpaired) electrons. The maximum Gasteiger partial charge on any atom is 0.358 e. The number of alkyl halides is 3. The number of fused-ring (bicyclic) bond motifs is 5. The molecule has 29 heavy (non-hydrogen) atoms. The third kappa shape index (κ3) is 3.65. The Morgan fingerprint density at radius 3 is 2.21 bits per heavy atom. The van der Waals surface area contributed by atoms with Gasteiger partial charge in [-0.2, -0.15) is 0 Å². The predicted molar refractivity (Wildman–Crippen MR) is 116 cm³/mol. The van der Waals surface area contributed by atoms with E-state index >= 15 is 0 Å². The van der Waals surface area contributed by atoms with Crippen LogP contribution in [-0.2, 0) is 14.3 Å². The first-order valence-electron chi connectivity index (χ1n) is 11.2. The van der Waals surface area contributed by atoms with Crippen LogP contribution < -0.4 is 0 Å². The molecule has 0 N–H and O–H groups in total. The number of hydrogen-bond acceptors (Lipinski definition) is 3. The van der Waals surface area contributed by atoms with Gasteiger partial charge < -0.3 is 4.74 Å². The molecule has 0 amide bonds. The van der Waals surface area contributed by atoms with E-state index in [2.05, 4.69) is 13.8 Å². The van der Waals surface area contributed by atoms with Gasteiger partial charge in [-0.25, -0.2) is 4.79 Å².